The Morgan fingerprint density at radius 3 is 2.86 bits per heavy atom. The van der Waals surface area contributed by atoms with E-state index in [1.165, 1.54) is 0 Å². The summed E-state index contributed by atoms with van der Waals surface area (Å²) in [5, 5.41) is 3.70. The van der Waals surface area contributed by atoms with Crippen molar-refractivity contribution in [3.63, 3.8) is 0 Å². The molecule has 0 spiro atoms. The molecule has 0 saturated carbocycles. The Hall–Kier alpha value is -1.97. The van der Waals surface area contributed by atoms with Crippen LogP contribution in [0.25, 0.3) is 0 Å². The third kappa shape index (κ3) is 1.85. The third-order valence-corrected chi connectivity index (χ3v) is 1.69. The lowest BCUT2D eigenvalue weighted by Gasteiger charge is -2.00. The highest BCUT2D eigenvalue weighted by Crippen LogP contribution is 2.22. The number of aryl methyl sites for hydroxylation is 1. The molecule has 0 radical (unpaired) electrons. The first kappa shape index (κ1) is 8.62. The van der Waals surface area contributed by atoms with E-state index in [-0.39, 0.29) is 0 Å². The van der Waals surface area contributed by atoms with Gasteiger partial charge in [0.15, 0.2) is 0 Å². The molecule has 2 rings (SSSR count). The Bertz CT molecular complexity index is 437. The largest absolute Gasteiger partial charge is 0.436 e. The van der Waals surface area contributed by atoms with Gasteiger partial charge in [0.2, 0.25) is 0 Å². The summed E-state index contributed by atoms with van der Waals surface area (Å²) in [4.78, 5) is 0. The average Bonchev–Trinajstić information content (AvgIpc) is 2.51. The van der Waals surface area contributed by atoms with Crippen LogP contribution in [0.15, 0.2) is 34.9 Å². The molecule has 2 aromatic rings. The summed E-state index contributed by atoms with van der Waals surface area (Å²) >= 11 is 0. The maximum Gasteiger partial charge on any atom is 0.259 e. The number of ether oxygens (including phenoxy) is 1. The van der Waals surface area contributed by atoms with E-state index in [9.17, 15) is 0 Å². The van der Waals surface area contributed by atoms with Crippen LogP contribution in [0.5, 0.6) is 11.6 Å². The van der Waals surface area contributed by atoms with Crippen molar-refractivity contribution < 1.29 is 9.26 Å². The molecule has 0 aliphatic carbocycles. The van der Waals surface area contributed by atoms with Crippen molar-refractivity contribution in [3.8, 4) is 11.6 Å². The minimum atomic E-state index is 0.438. The van der Waals surface area contributed by atoms with Gasteiger partial charge < -0.3 is 15.0 Å². The van der Waals surface area contributed by atoms with Gasteiger partial charge >= 0.3 is 0 Å². The van der Waals surface area contributed by atoms with Gasteiger partial charge in [-0.15, -0.1) is 0 Å². The summed E-state index contributed by atoms with van der Waals surface area (Å²) < 4.78 is 10.3. The fourth-order valence-corrected chi connectivity index (χ4v) is 1.09. The van der Waals surface area contributed by atoms with Crippen LogP contribution in [0.3, 0.4) is 0 Å². The van der Waals surface area contributed by atoms with Crippen LogP contribution in [0.1, 0.15) is 5.76 Å². The molecule has 0 bridgehead atoms. The first-order valence-corrected chi connectivity index (χ1v) is 4.21. The van der Waals surface area contributed by atoms with E-state index in [0.29, 0.717) is 23.1 Å². The van der Waals surface area contributed by atoms with Crippen molar-refractivity contribution in [3.05, 3.63) is 36.1 Å². The van der Waals surface area contributed by atoms with Crippen LogP contribution in [0, 0.1) is 6.92 Å². The zero-order chi connectivity index (χ0) is 9.97. The van der Waals surface area contributed by atoms with Crippen LogP contribution in [-0.2, 0) is 0 Å². The molecule has 0 atom stereocenters. The maximum absolute atomic E-state index is 5.59. The van der Waals surface area contributed by atoms with Crippen LogP contribution in [-0.4, -0.2) is 5.16 Å². The summed E-state index contributed by atoms with van der Waals surface area (Å²) in [6, 6.07) is 8.85. The lowest BCUT2D eigenvalue weighted by Crippen LogP contribution is -1.87. The topological polar surface area (TPSA) is 61.3 Å². The summed E-state index contributed by atoms with van der Waals surface area (Å²) in [5.41, 5.74) is 6.25. The number of nitrogens with two attached hydrogens (primary N) is 1. The van der Waals surface area contributed by atoms with Crippen LogP contribution in [0.4, 0.5) is 5.69 Å². The standard InChI is InChI=1S/C10H10N2O2/c1-7-5-10(12-14-7)13-9-4-2-3-8(11)6-9/h2-6H,11H2,1H3. The Morgan fingerprint density at radius 1 is 1.36 bits per heavy atom. The van der Waals surface area contributed by atoms with Gasteiger partial charge in [-0.05, 0) is 24.2 Å². The molecular weight excluding hydrogens is 180 g/mol. The van der Waals surface area contributed by atoms with E-state index >= 15 is 0 Å². The lowest BCUT2D eigenvalue weighted by molar-refractivity contribution is 0.355. The van der Waals surface area contributed by atoms with E-state index in [4.69, 9.17) is 15.0 Å². The van der Waals surface area contributed by atoms with E-state index in [0.717, 1.165) is 0 Å². The predicted molar refractivity (Wildman–Crippen MR) is 52.2 cm³/mol. The van der Waals surface area contributed by atoms with Gasteiger partial charge in [-0.3, -0.25) is 0 Å². The highest BCUT2D eigenvalue weighted by Gasteiger charge is 2.02. The fourth-order valence-electron chi connectivity index (χ4n) is 1.09. The minimum absolute atomic E-state index is 0.438. The molecular formula is C10H10N2O2. The second-order valence-corrected chi connectivity index (χ2v) is 2.95. The van der Waals surface area contributed by atoms with Gasteiger partial charge in [-0.25, -0.2) is 0 Å². The number of anilines is 1. The van der Waals surface area contributed by atoms with Gasteiger partial charge in [0.25, 0.3) is 5.88 Å². The van der Waals surface area contributed by atoms with Crippen molar-refractivity contribution in [2.45, 2.75) is 6.92 Å². The Labute approximate surface area is 81.3 Å². The van der Waals surface area contributed by atoms with Crippen molar-refractivity contribution >= 4 is 5.69 Å². The molecule has 0 aliphatic rings. The molecule has 0 saturated heterocycles. The molecule has 0 aliphatic heterocycles. The number of benzene rings is 1. The summed E-state index contributed by atoms with van der Waals surface area (Å²) in [5.74, 6) is 1.80. The molecule has 0 unspecified atom stereocenters. The van der Waals surface area contributed by atoms with Gasteiger partial charge in [0, 0.05) is 17.8 Å². The smallest absolute Gasteiger partial charge is 0.259 e. The summed E-state index contributed by atoms with van der Waals surface area (Å²) in [7, 11) is 0. The van der Waals surface area contributed by atoms with Gasteiger partial charge in [0.05, 0.1) is 0 Å². The number of hydrogen-bond donors (Lipinski definition) is 1. The monoisotopic (exact) mass is 190 g/mol. The number of nitrogen functional groups attached to an aromatic ring is 1. The lowest BCUT2D eigenvalue weighted by atomic mass is 10.3. The van der Waals surface area contributed by atoms with Crippen molar-refractivity contribution in [1.82, 2.24) is 5.16 Å². The maximum atomic E-state index is 5.59. The van der Waals surface area contributed by atoms with Crippen LogP contribution in [0.2, 0.25) is 0 Å². The van der Waals surface area contributed by atoms with Crippen molar-refractivity contribution in [2.75, 3.05) is 5.73 Å². The highest BCUT2D eigenvalue weighted by molar-refractivity contribution is 5.44. The van der Waals surface area contributed by atoms with E-state index in [1.54, 1.807) is 31.2 Å². The molecule has 4 nitrogen and oxygen atoms in total. The summed E-state index contributed by atoms with van der Waals surface area (Å²) in [6.07, 6.45) is 0. The Kier molecular flexibility index (Phi) is 2.10. The van der Waals surface area contributed by atoms with Gasteiger partial charge in [-0.2, -0.15) is 0 Å². The second kappa shape index (κ2) is 3.41. The van der Waals surface area contributed by atoms with E-state index in [2.05, 4.69) is 5.16 Å². The van der Waals surface area contributed by atoms with Crippen LogP contribution < -0.4 is 10.5 Å². The quantitative estimate of drug-likeness (QED) is 0.738. The van der Waals surface area contributed by atoms with E-state index in [1.807, 2.05) is 6.07 Å². The zero-order valence-electron chi connectivity index (χ0n) is 7.73. The first-order chi connectivity index (χ1) is 6.74. The third-order valence-electron chi connectivity index (χ3n) is 1.69. The molecule has 0 fully saturated rings. The summed E-state index contributed by atoms with van der Waals surface area (Å²) in [6.45, 7) is 1.80. The zero-order valence-corrected chi connectivity index (χ0v) is 7.73. The number of hydrogen-bond acceptors (Lipinski definition) is 4. The van der Waals surface area contributed by atoms with Crippen molar-refractivity contribution in [2.24, 2.45) is 0 Å². The normalized spacial score (nSPS) is 10.1. The number of nitrogens with zero attached hydrogens (tertiary/aromatic N) is 1. The van der Waals surface area contributed by atoms with E-state index < -0.39 is 0 Å². The number of rotatable bonds is 2. The van der Waals surface area contributed by atoms with Crippen molar-refractivity contribution in [1.29, 1.82) is 0 Å². The second-order valence-electron chi connectivity index (χ2n) is 2.95. The molecule has 72 valence electrons. The Balaban J connectivity index is 2.18. The minimum Gasteiger partial charge on any atom is -0.436 e. The van der Waals surface area contributed by atoms with Gasteiger partial charge in [-0.1, -0.05) is 6.07 Å². The molecule has 1 aromatic heterocycles. The fraction of sp³-hybridized carbons (Fsp3) is 0.100. The number of aromatic nitrogens is 1. The molecule has 0 amide bonds. The first-order valence-electron chi connectivity index (χ1n) is 4.21. The predicted octanol–water partition coefficient (Wildman–Crippen LogP) is 2.36. The molecule has 1 aromatic carbocycles. The van der Waals surface area contributed by atoms with Gasteiger partial charge in [0.1, 0.15) is 11.5 Å². The molecule has 2 N–H and O–H groups in total. The molecule has 1 heterocycles. The molecule has 4 heteroatoms. The highest BCUT2D eigenvalue weighted by atomic mass is 16.5. The molecule has 14 heavy (non-hydrogen) atoms. The average molecular weight is 190 g/mol. The van der Waals surface area contributed by atoms with Crippen LogP contribution >= 0.6 is 0 Å². The SMILES string of the molecule is Cc1cc(Oc2cccc(N)c2)no1. The Morgan fingerprint density at radius 2 is 2.21 bits per heavy atom.